The summed E-state index contributed by atoms with van der Waals surface area (Å²) in [5.74, 6) is 0.273. The Morgan fingerprint density at radius 2 is 1.70 bits per heavy atom. The Kier molecular flexibility index (Phi) is 8.56. The number of benzene rings is 2. The Morgan fingerprint density at radius 1 is 1.03 bits per heavy atom. The fraction of sp³-hybridized carbons (Fsp3) is 0.417. The summed E-state index contributed by atoms with van der Waals surface area (Å²) in [6.45, 7) is 4.69. The Bertz CT molecular complexity index is 1080. The molecule has 1 saturated heterocycles. The van der Waals surface area contributed by atoms with Crippen LogP contribution in [0.4, 0.5) is 0 Å². The molecule has 0 saturated carbocycles. The van der Waals surface area contributed by atoms with Gasteiger partial charge < -0.3 is 10.2 Å². The SMILES string of the molecule is CSCCC(NC(=O)c1ccccc1)C(=O)N1CCN(S(=O)(=O)c2cc(C)ccc2C)CC1. The van der Waals surface area contributed by atoms with Crippen molar-refractivity contribution in [3.63, 3.8) is 0 Å². The van der Waals surface area contributed by atoms with Crippen LogP contribution in [0, 0.1) is 13.8 Å². The van der Waals surface area contributed by atoms with Crippen LogP contribution in [0.2, 0.25) is 0 Å². The molecule has 1 heterocycles. The average molecular weight is 490 g/mol. The molecule has 178 valence electrons. The fourth-order valence-corrected chi connectivity index (χ4v) is 6.02. The first-order chi connectivity index (χ1) is 15.7. The van der Waals surface area contributed by atoms with Crippen LogP contribution in [0.25, 0.3) is 0 Å². The molecule has 1 aliphatic heterocycles. The molecule has 0 bridgehead atoms. The quantitative estimate of drug-likeness (QED) is 0.616. The summed E-state index contributed by atoms with van der Waals surface area (Å²) in [5.41, 5.74) is 2.10. The summed E-state index contributed by atoms with van der Waals surface area (Å²) in [7, 11) is -3.63. The number of hydrogen-bond donors (Lipinski definition) is 1. The van der Waals surface area contributed by atoms with E-state index < -0.39 is 16.1 Å². The van der Waals surface area contributed by atoms with Gasteiger partial charge in [-0.15, -0.1) is 0 Å². The van der Waals surface area contributed by atoms with E-state index in [0.717, 1.165) is 11.3 Å². The highest BCUT2D eigenvalue weighted by Crippen LogP contribution is 2.23. The molecule has 1 aliphatic rings. The number of sulfonamides is 1. The predicted octanol–water partition coefficient (Wildman–Crippen LogP) is 2.69. The average Bonchev–Trinajstić information content (AvgIpc) is 2.83. The highest BCUT2D eigenvalue weighted by Gasteiger charge is 2.33. The number of rotatable bonds is 8. The molecule has 1 fully saturated rings. The largest absolute Gasteiger partial charge is 0.340 e. The minimum Gasteiger partial charge on any atom is -0.340 e. The number of carbonyl (C=O) groups excluding carboxylic acids is 2. The minimum atomic E-state index is -3.63. The van der Waals surface area contributed by atoms with Crippen molar-refractivity contribution >= 4 is 33.6 Å². The standard InChI is InChI=1S/C24H31N3O4S2/c1-18-9-10-19(2)22(17-18)33(30,31)27-14-12-26(13-15-27)24(29)21(11-16-32-3)25-23(28)20-7-5-4-6-8-20/h4-10,17,21H,11-16H2,1-3H3,(H,25,28). The smallest absolute Gasteiger partial charge is 0.251 e. The molecule has 33 heavy (non-hydrogen) atoms. The number of hydrogen-bond acceptors (Lipinski definition) is 5. The minimum absolute atomic E-state index is 0.169. The number of thioether (sulfide) groups is 1. The molecule has 1 atom stereocenters. The van der Waals surface area contributed by atoms with E-state index in [-0.39, 0.29) is 24.9 Å². The lowest BCUT2D eigenvalue weighted by molar-refractivity contribution is -0.134. The molecule has 0 spiro atoms. The topological polar surface area (TPSA) is 86.8 Å². The van der Waals surface area contributed by atoms with Crippen molar-refractivity contribution in [2.75, 3.05) is 38.2 Å². The highest BCUT2D eigenvalue weighted by molar-refractivity contribution is 7.98. The van der Waals surface area contributed by atoms with Gasteiger partial charge in [-0.3, -0.25) is 9.59 Å². The number of piperazine rings is 1. The van der Waals surface area contributed by atoms with Crippen LogP contribution in [0.1, 0.15) is 27.9 Å². The van der Waals surface area contributed by atoms with Gasteiger partial charge in [0.05, 0.1) is 4.90 Å². The first-order valence-electron chi connectivity index (χ1n) is 10.9. The summed E-state index contributed by atoms with van der Waals surface area (Å²) in [6.07, 6.45) is 2.47. The molecule has 2 amide bonds. The zero-order valence-corrected chi connectivity index (χ0v) is 20.9. The normalized spacial score (nSPS) is 15.8. The van der Waals surface area contributed by atoms with Gasteiger partial charge in [0.15, 0.2) is 0 Å². The third kappa shape index (κ3) is 6.16. The Labute approximate surface area is 200 Å². The van der Waals surface area contributed by atoms with E-state index in [9.17, 15) is 18.0 Å². The lowest BCUT2D eigenvalue weighted by atomic mass is 10.1. The van der Waals surface area contributed by atoms with E-state index in [1.807, 2.05) is 31.4 Å². The molecule has 1 N–H and O–H groups in total. The van der Waals surface area contributed by atoms with Crippen molar-refractivity contribution in [1.29, 1.82) is 0 Å². The summed E-state index contributed by atoms with van der Waals surface area (Å²) in [5, 5.41) is 2.87. The maximum atomic E-state index is 13.2. The van der Waals surface area contributed by atoms with Crippen LogP contribution in [0.3, 0.4) is 0 Å². The van der Waals surface area contributed by atoms with Gasteiger partial charge in [-0.2, -0.15) is 16.1 Å². The second-order valence-corrected chi connectivity index (χ2v) is 11.1. The van der Waals surface area contributed by atoms with Crippen LogP contribution >= 0.6 is 11.8 Å². The van der Waals surface area contributed by atoms with Crippen molar-refractivity contribution in [1.82, 2.24) is 14.5 Å². The molecule has 9 heteroatoms. The fourth-order valence-electron chi connectivity index (χ4n) is 3.82. The molecular formula is C24H31N3O4S2. The van der Waals surface area contributed by atoms with E-state index in [4.69, 9.17) is 0 Å². The van der Waals surface area contributed by atoms with Crippen LogP contribution in [0.15, 0.2) is 53.4 Å². The van der Waals surface area contributed by atoms with Crippen molar-refractivity contribution in [3.05, 3.63) is 65.2 Å². The predicted molar refractivity (Wildman–Crippen MR) is 132 cm³/mol. The van der Waals surface area contributed by atoms with E-state index >= 15 is 0 Å². The monoisotopic (exact) mass is 489 g/mol. The van der Waals surface area contributed by atoms with Crippen LogP contribution in [-0.2, 0) is 14.8 Å². The zero-order valence-electron chi connectivity index (χ0n) is 19.3. The molecule has 0 radical (unpaired) electrons. The first kappa shape index (κ1) is 25.3. The second-order valence-electron chi connectivity index (χ2n) is 8.17. The van der Waals surface area contributed by atoms with E-state index in [2.05, 4.69) is 5.32 Å². The third-order valence-electron chi connectivity index (χ3n) is 5.76. The van der Waals surface area contributed by atoms with Crippen LogP contribution in [0.5, 0.6) is 0 Å². The molecule has 1 unspecified atom stereocenters. The molecule has 3 rings (SSSR count). The van der Waals surface area contributed by atoms with Gasteiger partial charge >= 0.3 is 0 Å². The van der Waals surface area contributed by atoms with Crippen LogP contribution < -0.4 is 5.32 Å². The van der Waals surface area contributed by atoms with Crippen molar-refractivity contribution in [2.45, 2.75) is 31.2 Å². The van der Waals surface area contributed by atoms with Crippen LogP contribution in [-0.4, -0.2) is 73.7 Å². The van der Waals surface area contributed by atoms with E-state index in [1.54, 1.807) is 53.9 Å². The lowest BCUT2D eigenvalue weighted by Gasteiger charge is -2.36. The Balaban J connectivity index is 1.67. The summed E-state index contributed by atoms with van der Waals surface area (Å²) < 4.78 is 27.8. The summed E-state index contributed by atoms with van der Waals surface area (Å²) in [6, 6.07) is 13.6. The highest BCUT2D eigenvalue weighted by atomic mass is 32.2. The van der Waals surface area contributed by atoms with Gasteiger partial charge in [-0.25, -0.2) is 8.42 Å². The number of aryl methyl sites for hydroxylation is 2. The summed E-state index contributed by atoms with van der Waals surface area (Å²) >= 11 is 1.61. The van der Waals surface area contributed by atoms with Crippen molar-refractivity contribution in [2.24, 2.45) is 0 Å². The van der Waals surface area contributed by atoms with Gasteiger partial charge in [0.25, 0.3) is 5.91 Å². The lowest BCUT2D eigenvalue weighted by Crippen LogP contribution is -2.56. The van der Waals surface area contributed by atoms with Gasteiger partial charge in [0, 0.05) is 31.7 Å². The molecule has 7 nitrogen and oxygen atoms in total. The summed E-state index contributed by atoms with van der Waals surface area (Å²) in [4.78, 5) is 27.8. The zero-order chi connectivity index (χ0) is 24.0. The van der Waals surface area contributed by atoms with Gasteiger partial charge in [0.1, 0.15) is 6.04 Å². The van der Waals surface area contributed by atoms with Crippen molar-refractivity contribution < 1.29 is 18.0 Å². The van der Waals surface area contributed by atoms with Gasteiger partial charge in [-0.05, 0) is 61.6 Å². The second kappa shape index (κ2) is 11.2. The third-order valence-corrected chi connectivity index (χ3v) is 8.45. The Morgan fingerprint density at radius 3 is 2.33 bits per heavy atom. The molecule has 2 aromatic carbocycles. The molecular weight excluding hydrogens is 458 g/mol. The molecule has 0 aliphatic carbocycles. The van der Waals surface area contributed by atoms with Crippen molar-refractivity contribution in [3.8, 4) is 0 Å². The molecule has 0 aromatic heterocycles. The molecule has 2 aromatic rings. The number of amides is 2. The van der Waals surface area contributed by atoms with E-state index in [1.165, 1.54) is 4.31 Å². The maximum absolute atomic E-state index is 13.2. The maximum Gasteiger partial charge on any atom is 0.251 e. The van der Waals surface area contributed by atoms with Gasteiger partial charge in [-0.1, -0.05) is 30.3 Å². The Hall–Kier alpha value is -2.36. The van der Waals surface area contributed by atoms with E-state index in [0.29, 0.717) is 35.5 Å². The first-order valence-corrected chi connectivity index (χ1v) is 13.8. The van der Waals surface area contributed by atoms with Gasteiger partial charge in [0.2, 0.25) is 15.9 Å². The number of nitrogens with zero attached hydrogens (tertiary/aromatic N) is 2. The number of nitrogens with one attached hydrogen (secondary N) is 1. The number of carbonyl (C=O) groups is 2.